The summed E-state index contributed by atoms with van der Waals surface area (Å²) in [6, 6.07) is 2.88. The Balaban J connectivity index is 2.35. The van der Waals surface area contributed by atoms with Crippen LogP contribution in [0.5, 0.6) is 0 Å². The van der Waals surface area contributed by atoms with Crippen LogP contribution in [0.4, 0.5) is 15.8 Å². The third-order valence-corrected chi connectivity index (χ3v) is 3.18. The van der Waals surface area contributed by atoms with E-state index < -0.39 is 10.7 Å². The van der Waals surface area contributed by atoms with Gasteiger partial charge in [-0.3, -0.25) is 14.9 Å². The van der Waals surface area contributed by atoms with Gasteiger partial charge in [0.15, 0.2) is 0 Å². The van der Waals surface area contributed by atoms with E-state index in [0.29, 0.717) is 13.0 Å². The topological polar surface area (TPSA) is 75.5 Å². The number of nitro groups is 1. The van der Waals surface area contributed by atoms with Gasteiger partial charge < -0.3 is 10.2 Å². The smallest absolute Gasteiger partial charge is 0.274 e. The van der Waals surface area contributed by atoms with Crippen LogP contribution in [0.2, 0.25) is 0 Å². The van der Waals surface area contributed by atoms with E-state index in [0.717, 1.165) is 18.6 Å². The number of carbonyl (C=O) groups excluding carboxylic acids is 1. The number of halogens is 1. The summed E-state index contributed by atoms with van der Waals surface area (Å²) in [7, 11) is 1.68. The summed E-state index contributed by atoms with van der Waals surface area (Å²) in [5.74, 6) is -0.905. The normalized spacial score (nSPS) is 19.6. The molecule has 1 aliphatic rings. The minimum absolute atomic E-state index is 0.186. The highest BCUT2D eigenvalue weighted by Crippen LogP contribution is 2.26. The van der Waals surface area contributed by atoms with Crippen LogP contribution in [-0.4, -0.2) is 30.5 Å². The highest BCUT2D eigenvalue weighted by Gasteiger charge is 2.29. The first kappa shape index (κ1) is 13.4. The van der Waals surface area contributed by atoms with Crippen molar-refractivity contribution in [1.29, 1.82) is 0 Å². The van der Waals surface area contributed by atoms with Gasteiger partial charge in [0.1, 0.15) is 5.82 Å². The molecule has 1 aromatic rings. The molecule has 1 unspecified atom stereocenters. The number of amides is 1. The van der Waals surface area contributed by atoms with Crippen LogP contribution in [-0.2, 0) is 4.79 Å². The largest absolute Gasteiger partial charge is 0.311 e. The van der Waals surface area contributed by atoms with Gasteiger partial charge in [-0.15, -0.1) is 0 Å². The van der Waals surface area contributed by atoms with Crippen LogP contribution in [0.25, 0.3) is 0 Å². The van der Waals surface area contributed by atoms with Gasteiger partial charge in [-0.25, -0.2) is 4.39 Å². The summed E-state index contributed by atoms with van der Waals surface area (Å²) in [6.07, 6.45) is 1.48. The number of likely N-dealkylation sites (N-methyl/N-ethyl adjacent to an activating group) is 1. The van der Waals surface area contributed by atoms with Crippen LogP contribution in [0, 0.1) is 15.9 Å². The summed E-state index contributed by atoms with van der Waals surface area (Å²) < 4.78 is 13.4. The van der Waals surface area contributed by atoms with E-state index in [2.05, 4.69) is 5.32 Å². The number of anilines is 1. The van der Waals surface area contributed by atoms with Crippen molar-refractivity contribution in [3.63, 3.8) is 0 Å². The SMILES string of the molecule is CNC1CCCN(c2cc(F)cc([N+](=O)[O-])c2)C1=O. The van der Waals surface area contributed by atoms with E-state index >= 15 is 0 Å². The maximum atomic E-state index is 13.4. The third-order valence-electron chi connectivity index (χ3n) is 3.18. The summed E-state index contributed by atoms with van der Waals surface area (Å²) in [5, 5.41) is 13.6. The zero-order valence-electron chi connectivity index (χ0n) is 10.4. The number of hydrogen-bond donors (Lipinski definition) is 1. The van der Waals surface area contributed by atoms with E-state index in [9.17, 15) is 19.3 Å². The zero-order chi connectivity index (χ0) is 14.0. The van der Waals surface area contributed by atoms with Crippen molar-refractivity contribution in [2.24, 2.45) is 0 Å². The summed E-state index contributed by atoms with van der Waals surface area (Å²) in [5.41, 5.74) is -0.119. The Labute approximate surface area is 109 Å². The van der Waals surface area contributed by atoms with E-state index in [1.807, 2.05) is 0 Å². The fourth-order valence-corrected chi connectivity index (χ4v) is 2.22. The lowest BCUT2D eigenvalue weighted by molar-refractivity contribution is -0.385. The molecule has 0 radical (unpaired) electrons. The number of nitro benzene ring substituents is 1. The Bertz CT molecular complexity index is 521. The average molecular weight is 267 g/mol. The standard InChI is InChI=1S/C12H14FN3O3/c1-14-11-3-2-4-15(12(11)17)9-5-8(13)6-10(7-9)16(18)19/h5-7,11,14H,2-4H2,1H3. The minimum Gasteiger partial charge on any atom is -0.311 e. The highest BCUT2D eigenvalue weighted by atomic mass is 19.1. The zero-order valence-corrected chi connectivity index (χ0v) is 10.4. The molecule has 0 aliphatic carbocycles. The lowest BCUT2D eigenvalue weighted by Crippen LogP contribution is -2.49. The number of benzene rings is 1. The van der Waals surface area contributed by atoms with Crippen molar-refractivity contribution in [3.8, 4) is 0 Å². The van der Waals surface area contributed by atoms with Gasteiger partial charge in [-0.1, -0.05) is 0 Å². The van der Waals surface area contributed by atoms with Crippen LogP contribution in [0.3, 0.4) is 0 Å². The van der Waals surface area contributed by atoms with Gasteiger partial charge in [0.05, 0.1) is 22.7 Å². The predicted molar refractivity (Wildman–Crippen MR) is 67.5 cm³/mol. The van der Waals surface area contributed by atoms with Crippen LogP contribution >= 0.6 is 0 Å². The van der Waals surface area contributed by atoms with Crippen LogP contribution in [0.1, 0.15) is 12.8 Å². The van der Waals surface area contributed by atoms with Crippen molar-refractivity contribution in [3.05, 3.63) is 34.1 Å². The van der Waals surface area contributed by atoms with Gasteiger partial charge >= 0.3 is 0 Å². The fourth-order valence-electron chi connectivity index (χ4n) is 2.22. The molecule has 7 heteroatoms. The number of carbonyl (C=O) groups is 1. The van der Waals surface area contributed by atoms with E-state index in [1.165, 1.54) is 11.0 Å². The quantitative estimate of drug-likeness (QED) is 0.664. The monoisotopic (exact) mass is 267 g/mol. The molecule has 2 rings (SSSR count). The Morgan fingerprint density at radius 1 is 1.47 bits per heavy atom. The second-order valence-electron chi connectivity index (χ2n) is 4.40. The summed E-state index contributed by atoms with van der Waals surface area (Å²) >= 11 is 0. The first-order valence-electron chi connectivity index (χ1n) is 5.96. The van der Waals surface area contributed by atoms with Gasteiger partial charge in [-0.2, -0.15) is 0 Å². The molecule has 1 atom stereocenters. The molecule has 0 bridgehead atoms. The number of rotatable bonds is 3. The maximum Gasteiger partial charge on any atom is 0.274 e. The van der Waals surface area contributed by atoms with Crippen molar-refractivity contribution in [2.45, 2.75) is 18.9 Å². The average Bonchev–Trinajstić information content (AvgIpc) is 2.38. The Hall–Kier alpha value is -2.02. The number of non-ortho nitro benzene ring substituents is 1. The molecule has 0 saturated carbocycles. The molecule has 0 spiro atoms. The first-order valence-corrected chi connectivity index (χ1v) is 5.96. The number of nitrogens with one attached hydrogen (secondary N) is 1. The Morgan fingerprint density at radius 3 is 2.84 bits per heavy atom. The van der Waals surface area contributed by atoms with Crippen molar-refractivity contribution in [2.75, 3.05) is 18.5 Å². The lowest BCUT2D eigenvalue weighted by Gasteiger charge is -2.32. The number of nitrogens with zero attached hydrogens (tertiary/aromatic N) is 2. The number of piperidine rings is 1. The van der Waals surface area contributed by atoms with E-state index in [4.69, 9.17) is 0 Å². The molecule has 1 heterocycles. The van der Waals surface area contributed by atoms with Crippen molar-refractivity contribution >= 4 is 17.3 Å². The van der Waals surface area contributed by atoms with Gasteiger partial charge in [-0.05, 0) is 26.0 Å². The predicted octanol–water partition coefficient (Wildman–Crippen LogP) is 1.45. The minimum atomic E-state index is -0.719. The van der Waals surface area contributed by atoms with Crippen molar-refractivity contribution < 1.29 is 14.1 Å². The van der Waals surface area contributed by atoms with Gasteiger partial charge in [0.2, 0.25) is 5.91 Å². The van der Waals surface area contributed by atoms with Gasteiger partial charge in [0.25, 0.3) is 5.69 Å². The molecule has 102 valence electrons. The molecule has 19 heavy (non-hydrogen) atoms. The van der Waals surface area contributed by atoms with Crippen LogP contribution in [0.15, 0.2) is 18.2 Å². The van der Waals surface area contributed by atoms with Crippen molar-refractivity contribution in [1.82, 2.24) is 5.32 Å². The van der Waals surface area contributed by atoms with Crippen LogP contribution < -0.4 is 10.2 Å². The molecule has 6 nitrogen and oxygen atoms in total. The van der Waals surface area contributed by atoms with E-state index in [-0.39, 0.29) is 23.3 Å². The second-order valence-corrected chi connectivity index (χ2v) is 4.40. The molecule has 0 aromatic heterocycles. The third kappa shape index (κ3) is 2.70. The number of hydrogen-bond acceptors (Lipinski definition) is 4. The molecule has 1 saturated heterocycles. The molecule has 1 N–H and O–H groups in total. The maximum absolute atomic E-state index is 13.4. The van der Waals surface area contributed by atoms with E-state index in [1.54, 1.807) is 7.05 Å². The molecule has 1 amide bonds. The lowest BCUT2D eigenvalue weighted by atomic mass is 10.0. The Kier molecular flexibility index (Phi) is 3.75. The molecular weight excluding hydrogens is 253 g/mol. The fraction of sp³-hybridized carbons (Fsp3) is 0.417. The first-order chi connectivity index (χ1) is 9.02. The molecule has 1 aliphatic heterocycles. The summed E-state index contributed by atoms with van der Waals surface area (Å²) in [6.45, 7) is 0.442. The molecular formula is C12H14FN3O3. The molecule has 1 fully saturated rings. The second kappa shape index (κ2) is 5.31. The molecule has 1 aromatic carbocycles. The highest BCUT2D eigenvalue weighted by molar-refractivity contribution is 5.98. The Morgan fingerprint density at radius 2 is 2.21 bits per heavy atom. The van der Waals surface area contributed by atoms with Gasteiger partial charge in [0, 0.05) is 12.6 Å². The summed E-state index contributed by atoms with van der Waals surface area (Å²) in [4.78, 5) is 23.6.